The van der Waals surface area contributed by atoms with E-state index in [4.69, 9.17) is 10.4 Å². The van der Waals surface area contributed by atoms with Crippen molar-refractivity contribution in [3.63, 3.8) is 0 Å². The summed E-state index contributed by atoms with van der Waals surface area (Å²) in [4.78, 5) is 3.73. The van der Waals surface area contributed by atoms with E-state index < -0.39 is 6.10 Å². The molecule has 0 aliphatic heterocycles. The molecule has 46 valence electrons. The lowest BCUT2D eigenvalue weighted by molar-refractivity contribution is 0.231. The number of aliphatic hydroxyl groups excluding tert-OH is 1. The molecular weight excluding hydrogens is 136 g/mol. The Bertz CT molecular complexity index is 213. The standard InChI is InChI=1S/C5H4N2OS/c6-1-5(8)4-2-9-3-7-4/h2-3,5,8H. The summed E-state index contributed by atoms with van der Waals surface area (Å²) in [5.41, 5.74) is 2.01. The average Bonchev–Trinajstić information content (AvgIpc) is 2.37. The van der Waals surface area contributed by atoms with Crippen LogP contribution < -0.4 is 0 Å². The van der Waals surface area contributed by atoms with Crippen LogP contribution in [0.3, 0.4) is 0 Å². The lowest BCUT2D eigenvalue weighted by Crippen LogP contribution is -1.91. The van der Waals surface area contributed by atoms with E-state index in [1.165, 1.54) is 11.3 Å². The van der Waals surface area contributed by atoms with Crippen LogP contribution in [0.2, 0.25) is 0 Å². The predicted octanol–water partition coefficient (Wildman–Crippen LogP) is 0.700. The Kier molecular flexibility index (Phi) is 1.78. The van der Waals surface area contributed by atoms with Gasteiger partial charge in [-0.05, 0) is 0 Å². The van der Waals surface area contributed by atoms with E-state index in [0.717, 1.165) is 0 Å². The predicted molar refractivity (Wildman–Crippen MR) is 32.7 cm³/mol. The monoisotopic (exact) mass is 140 g/mol. The summed E-state index contributed by atoms with van der Waals surface area (Å²) in [6.45, 7) is 0. The number of aliphatic hydroxyl groups is 1. The molecule has 0 spiro atoms. The molecule has 0 aliphatic rings. The molecule has 0 bridgehead atoms. The largest absolute Gasteiger partial charge is 0.373 e. The van der Waals surface area contributed by atoms with Crippen molar-refractivity contribution in [3.8, 4) is 6.07 Å². The topological polar surface area (TPSA) is 56.9 Å². The van der Waals surface area contributed by atoms with Gasteiger partial charge in [0.05, 0.1) is 11.2 Å². The van der Waals surface area contributed by atoms with Gasteiger partial charge in [0.1, 0.15) is 6.07 Å². The van der Waals surface area contributed by atoms with Gasteiger partial charge in [0, 0.05) is 5.38 Å². The minimum atomic E-state index is -1.06. The van der Waals surface area contributed by atoms with Gasteiger partial charge in [0.2, 0.25) is 0 Å². The first-order chi connectivity index (χ1) is 4.34. The zero-order chi connectivity index (χ0) is 6.69. The first kappa shape index (κ1) is 6.20. The van der Waals surface area contributed by atoms with E-state index in [0.29, 0.717) is 5.69 Å². The third-order valence-electron chi connectivity index (χ3n) is 0.854. The van der Waals surface area contributed by atoms with Gasteiger partial charge in [-0.3, -0.25) is 0 Å². The molecule has 0 aliphatic carbocycles. The number of hydrogen-bond acceptors (Lipinski definition) is 4. The van der Waals surface area contributed by atoms with Gasteiger partial charge < -0.3 is 5.11 Å². The molecule has 1 unspecified atom stereocenters. The lowest BCUT2D eigenvalue weighted by Gasteiger charge is -1.90. The number of nitriles is 1. The van der Waals surface area contributed by atoms with Crippen molar-refractivity contribution in [2.24, 2.45) is 0 Å². The maximum Gasteiger partial charge on any atom is 0.183 e. The Hall–Kier alpha value is -0.920. The van der Waals surface area contributed by atoms with Gasteiger partial charge in [0.25, 0.3) is 0 Å². The van der Waals surface area contributed by atoms with E-state index in [1.807, 2.05) is 0 Å². The Labute approximate surface area is 56.2 Å². The quantitative estimate of drug-likeness (QED) is 0.584. The summed E-state index contributed by atoms with van der Waals surface area (Å²) in [7, 11) is 0. The summed E-state index contributed by atoms with van der Waals surface area (Å²) >= 11 is 1.36. The molecule has 0 saturated heterocycles. The van der Waals surface area contributed by atoms with E-state index in [2.05, 4.69) is 4.98 Å². The zero-order valence-corrected chi connectivity index (χ0v) is 5.30. The highest BCUT2D eigenvalue weighted by Gasteiger charge is 2.05. The summed E-state index contributed by atoms with van der Waals surface area (Å²) in [5, 5.41) is 18.6. The number of rotatable bonds is 1. The summed E-state index contributed by atoms with van der Waals surface area (Å²) in [6, 6.07) is 1.67. The van der Waals surface area contributed by atoms with Gasteiger partial charge in [-0.2, -0.15) is 5.26 Å². The van der Waals surface area contributed by atoms with Crippen molar-refractivity contribution < 1.29 is 5.11 Å². The van der Waals surface area contributed by atoms with Crippen LogP contribution in [-0.4, -0.2) is 10.1 Å². The second-order valence-electron chi connectivity index (χ2n) is 1.44. The molecule has 1 aromatic heterocycles. The van der Waals surface area contributed by atoms with Crippen molar-refractivity contribution >= 4 is 11.3 Å². The van der Waals surface area contributed by atoms with Gasteiger partial charge in [0.15, 0.2) is 6.10 Å². The zero-order valence-electron chi connectivity index (χ0n) is 4.48. The molecule has 0 aromatic carbocycles. The normalized spacial score (nSPS) is 12.4. The molecule has 1 aromatic rings. The molecule has 4 heteroatoms. The maximum absolute atomic E-state index is 8.80. The van der Waals surface area contributed by atoms with Gasteiger partial charge in [-0.1, -0.05) is 0 Å². The highest BCUT2D eigenvalue weighted by atomic mass is 32.1. The van der Waals surface area contributed by atoms with Crippen molar-refractivity contribution in [1.82, 2.24) is 4.98 Å². The fourth-order valence-corrected chi connectivity index (χ4v) is 0.996. The van der Waals surface area contributed by atoms with Crippen molar-refractivity contribution in [1.29, 1.82) is 5.26 Å². The van der Waals surface area contributed by atoms with Gasteiger partial charge in [-0.15, -0.1) is 11.3 Å². The van der Waals surface area contributed by atoms with E-state index in [1.54, 1.807) is 17.0 Å². The highest BCUT2D eigenvalue weighted by Crippen LogP contribution is 2.10. The van der Waals surface area contributed by atoms with Crippen LogP contribution in [0, 0.1) is 11.3 Å². The molecular formula is C5H4N2OS. The second-order valence-corrected chi connectivity index (χ2v) is 2.16. The van der Waals surface area contributed by atoms with Crippen molar-refractivity contribution in [2.45, 2.75) is 6.10 Å². The molecule has 3 nitrogen and oxygen atoms in total. The Balaban J connectivity index is 2.80. The number of nitrogens with zero attached hydrogens (tertiary/aromatic N) is 2. The molecule has 1 rings (SSSR count). The van der Waals surface area contributed by atoms with E-state index in [9.17, 15) is 0 Å². The van der Waals surface area contributed by atoms with Gasteiger partial charge >= 0.3 is 0 Å². The highest BCUT2D eigenvalue weighted by molar-refractivity contribution is 7.07. The molecule has 9 heavy (non-hydrogen) atoms. The first-order valence-electron chi connectivity index (χ1n) is 2.30. The third-order valence-corrected chi connectivity index (χ3v) is 1.46. The summed E-state index contributed by atoms with van der Waals surface area (Å²) < 4.78 is 0. The van der Waals surface area contributed by atoms with Crippen LogP contribution in [0.15, 0.2) is 10.9 Å². The molecule has 1 atom stereocenters. The van der Waals surface area contributed by atoms with E-state index >= 15 is 0 Å². The van der Waals surface area contributed by atoms with Crippen LogP contribution in [0.4, 0.5) is 0 Å². The Morgan fingerprint density at radius 3 is 3.11 bits per heavy atom. The fourth-order valence-electron chi connectivity index (χ4n) is 0.423. The molecule has 0 fully saturated rings. The van der Waals surface area contributed by atoms with Crippen LogP contribution in [0.1, 0.15) is 11.8 Å². The molecule has 0 saturated carbocycles. The van der Waals surface area contributed by atoms with Crippen molar-refractivity contribution in [3.05, 3.63) is 16.6 Å². The number of aromatic nitrogens is 1. The SMILES string of the molecule is N#CC(O)c1cscn1. The molecule has 1 N–H and O–H groups in total. The Morgan fingerprint density at radius 2 is 2.67 bits per heavy atom. The Morgan fingerprint density at radius 1 is 1.89 bits per heavy atom. The third kappa shape index (κ3) is 1.25. The second kappa shape index (κ2) is 2.58. The fraction of sp³-hybridized carbons (Fsp3) is 0.200. The summed E-state index contributed by atoms with van der Waals surface area (Å²) in [6.07, 6.45) is -1.06. The molecule has 0 radical (unpaired) electrons. The van der Waals surface area contributed by atoms with E-state index in [-0.39, 0.29) is 0 Å². The molecule has 1 heterocycles. The van der Waals surface area contributed by atoms with Crippen LogP contribution in [0.5, 0.6) is 0 Å². The van der Waals surface area contributed by atoms with Crippen LogP contribution in [0.25, 0.3) is 0 Å². The minimum absolute atomic E-state index is 0.433. The maximum atomic E-state index is 8.80. The molecule has 0 amide bonds. The average molecular weight is 140 g/mol. The first-order valence-corrected chi connectivity index (χ1v) is 3.24. The summed E-state index contributed by atoms with van der Waals surface area (Å²) in [5.74, 6) is 0. The van der Waals surface area contributed by atoms with Crippen LogP contribution >= 0.6 is 11.3 Å². The smallest absolute Gasteiger partial charge is 0.183 e. The number of thiazole rings is 1. The number of hydrogen-bond donors (Lipinski definition) is 1. The van der Waals surface area contributed by atoms with Crippen molar-refractivity contribution in [2.75, 3.05) is 0 Å². The minimum Gasteiger partial charge on any atom is -0.373 e. The lowest BCUT2D eigenvalue weighted by atomic mass is 10.3. The van der Waals surface area contributed by atoms with Gasteiger partial charge in [-0.25, -0.2) is 4.98 Å². The van der Waals surface area contributed by atoms with Crippen LogP contribution in [-0.2, 0) is 0 Å².